The highest BCUT2D eigenvalue weighted by molar-refractivity contribution is 7.09. The van der Waals surface area contributed by atoms with Crippen molar-refractivity contribution < 1.29 is 14.3 Å². The van der Waals surface area contributed by atoms with E-state index in [-0.39, 0.29) is 12.1 Å². The van der Waals surface area contributed by atoms with Gasteiger partial charge in [-0.1, -0.05) is 12.1 Å². The summed E-state index contributed by atoms with van der Waals surface area (Å²) in [5.41, 5.74) is 1.06. The van der Waals surface area contributed by atoms with Crippen LogP contribution in [0.15, 0.2) is 41.4 Å². The van der Waals surface area contributed by atoms with Gasteiger partial charge in [0.25, 0.3) is 0 Å². The van der Waals surface area contributed by atoms with Crippen molar-refractivity contribution in [2.75, 3.05) is 19.7 Å². The summed E-state index contributed by atoms with van der Waals surface area (Å²) in [7, 11) is 0. The third-order valence-corrected chi connectivity index (χ3v) is 4.46. The first-order valence-corrected chi connectivity index (χ1v) is 8.76. The number of thiophene rings is 1. The average molecular weight is 349 g/mol. The average Bonchev–Trinajstić information content (AvgIpc) is 3.00. The number of amides is 2. The van der Waals surface area contributed by atoms with Gasteiger partial charge >= 0.3 is 12.0 Å². The quantitative estimate of drug-likeness (QED) is 0.558. The summed E-state index contributed by atoms with van der Waals surface area (Å²) in [5.74, 6) is -0.401. The van der Waals surface area contributed by atoms with Gasteiger partial charge in [0.05, 0.1) is 18.2 Å². The molecule has 0 aliphatic carbocycles. The van der Waals surface area contributed by atoms with Crippen molar-refractivity contribution in [2.24, 2.45) is 0 Å². The molecule has 0 aromatic carbocycles. The number of nitrogens with zero attached hydrogens (tertiary/aromatic N) is 1. The van der Waals surface area contributed by atoms with E-state index < -0.39 is 5.97 Å². The second-order valence-electron chi connectivity index (χ2n) is 5.47. The summed E-state index contributed by atoms with van der Waals surface area (Å²) in [6, 6.07) is 3.37. The van der Waals surface area contributed by atoms with Crippen molar-refractivity contribution in [2.45, 2.75) is 26.4 Å². The maximum Gasteiger partial charge on any atom is 0.337 e. The molecule has 24 heavy (non-hydrogen) atoms. The fraction of sp³-hybridized carbons (Fsp3) is 0.412. The Morgan fingerprint density at radius 3 is 2.92 bits per heavy atom. The number of urea groups is 1. The smallest absolute Gasteiger partial charge is 0.337 e. The monoisotopic (exact) mass is 349 g/mol. The van der Waals surface area contributed by atoms with Crippen LogP contribution in [-0.2, 0) is 16.1 Å². The van der Waals surface area contributed by atoms with Gasteiger partial charge in [0, 0.05) is 30.2 Å². The number of nitrogens with one attached hydrogen (secondary N) is 2. The van der Waals surface area contributed by atoms with Crippen molar-refractivity contribution in [3.05, 3.63) is 46.3 Å². The maximum absolute atomic E-state index is 12.3. The van der Waals surface area contributed by atoms with E-state index in [1.54, 1.807) is 25.2 Å². The van der Waals surface area contributed by atoms with Crippen LogP contribution in [0.4, 0.5) is 4.79 Å². The van der Waals surface area contributed by atoms with Crippen LogP contribution in [0.5, 0.6) is 0 Å². The molecule has 1 aromatic rings. The lowest BCUT2D eigenvalue weighted by molar-refractivity contribution is -0.139. The minimum Gasteiger partial charge on any atom is -0.463 e. The molecular formula is C17H23N3O3S. The molecule has 0 saturated carbocycles. The molecule has 0 bridgehead atoms. The maximum atomic E-state index is 12.3. The van der Waals surface area contributed by atoms with E-state index >= 15 is 0 Å². The number of rotatable bonds is 8. The SMILES string of the molecule is C=CCN(CC1=C(C(=O)OCC)C(C)NC(=O)N1)Cc1cccs1. The lowest BCUT2D eigenvalue weighted by Crippen LogP contribution is -2.51. The van der Waals surface area contributed by atoms with Gasteiger partial charge in [-0.2, -0.15) is 0 Å². The van der Waals surface area contributed by atoms with E-state index in [0.29, 0.717) is 31.0 Å². The van der Waals surface area contributed by atoms with Crippen LogP contribution in [0.2, 0.25) is 0 Å². The molecule has 2 rings (SSSR count). The fourth-order valence-electron chi connectivity index (χ4n) is 2.62. The van der Waals surface area contributed by atoms with E-state index in [1.165, 1.54) is 4.88 Å². The highest BCUT2D eigenvalue weighted by atomic mass is 32.1. The zero-order valence-corrected chi connectivity index (χ0v) is 14.8. The Morgan fingerprint density at radius 1 is 1.50 bits per heavy atom. The van der Waals surface area contributed by atoms with Crippen LogP contribution in [-0.4, -0.2) is 42.6 Å². The summed E-state index contributed by atoms with van der Waals surface area (Å²) in [6.07, 6.45) is 1.81. The Kier molecular flexibility index (Phi) is 6.57. The topological polar surface area (TPSA) is 70.7 Å². The van der Waals surface area contributed by atoms with E-state index in [2.05, 4.69) is 28.2 Å². The van der Waals surface area contributed by atoms with Gasteiger partial charge in [-0.3, -0.25) is 4.90 Å². The van der Waals surface area contributed by atoms with Crippen LogP contribution in [0, 0.1) is 0 Å². The molecule has 0 fully saturated rings. The molecule has 1 aliphatic rings. The van der Waals surface area contributed by atoms with Gasteiger partial charge < -0.3 is 15.4 Å². The predicted molar refractivity (Wildman–Crippen MR) is 94.6 cm³/mol. The molecule has 1 aromatic heterocycles. The Bertz CT molecular complexity index is 625. The number of carbonyl (C=O) groups is 2. The molecule has 0 spiro atoms. The number of esters is 1. The first-order valence-electron chi connectivity index (χ1n) is 7.88. The molecule has 0 radical (unpaired) electrons. The number of hydrogen-bond donors (Lipinski definition) is 2. The molecule has 2 heterocycles. The van der Waals surface area contributed by atoms with Crippen molar-refractivity contribution in [1.82, 2.24) is 15.5 Å². The highest BCUT2D eigenvalue weighted by Crippen LogP contribution is 2.18. The van der Waals surface area contributed by atoms with Gasteiger partial charge in [0.15, 0.2) is 0 Å². The zero-order valence-electron chi connectivity index (χ0n) is 14.0. The zero-order chi connectivity index (χ0) is 17.5. The van der Waals surface area contributed by atoms with E-state index in [1.807, 2.05) is 17.5 Å². The lowest BCUT2D eigenvalue weighted by Gasteiger charge is -2.30. The van der Waals surface area contributed by atoms with Crippen LogP contribution in [0.1, 0.15) is 18.7 Å². The molecular weight excluding hydrogens is 326 g/mol. The molecule has 1 unspecified atom stereocenters. The Balaban J connectivity index is 2.24. The van der Waals surface area contributed by atoms with Crippen molar-refractivity contribution in [1.29, 1.82) is 0 Å². The molecule has 130 valence electrons. The Hall–Kier alpha value is -2.12. The number of ether oxygens (including phenoxy) is 1. The largest absolute Gasteiger partial charge is 0.463 e. The van der Waals surface area contributed by atoms with Crippen LogP contribution < -0.4 is 10.6 Å². The summed E-state index contributed by atoms with van der Waals surface area (Å²) >= 11 is 1.67. The third kappa shape index (κ3) is 4.69. The first kappa shape index (κ1) is 18.2. The molecule has 7 heteroatoms. The first-order chi connectivity index (χ1) is 11.5. The van der Waals surface area contributed by atoms with Crippen LogP contribution in [0.3, 0.4) is 0 Å². The molecule has 2 amide bonds. The molecule has 6 nitrogen and oxygen atoms in total. The van der Waals surface area contributed by atoms with Gasteiger partial charge in [0.2, 0.25) is 0 Å². The molecule has 2 N–H and O–H groups in total. The number of carbonyl (C=O) groups excluding carboxylic acids is 2. The highest BCUT2D eigenvalue weighted by Gasteiger charge is 2.30. The summed E-state index contributed by atoms with van der Waals surface area (Å²) in [6.45, 7) is 9.44. The third-order valence-electron chi connectivity index (χ3n) is 3.59. The minimum atomic E-state index is -0.401. The Morgan fingerprint density at radius 2 is 2.29 bits per heavy atom. The Labute approximate surface area is 146 Å². The van der Waals surface area contributed by atoms with Crippen LogP contribution >= 0.6 is 11.3 Å². The van der Waals surface area contributed by atoms with Crippen molar-refractivity contribution >= 4 is 23.3 Å². The molecule has 1 aliphatic heterocycles. The minimum absolute atomic E-state index is 0.293. The second-order valence-corrected chi connectivity index (χ2v) is 6.50. The van der Waals surface area contributed by atoms with E-state index in [0.717, 1.165) is 6.54 Å². The van der Waals surface area contributed by atoms with Gasteiger partial charge in [-0.05, 0) is 25.3 Å². The number of hydrogen-bond acceptors (Lipinski definition) is 5. The molecule has 1 atom stereocenters. The van der Waals surface area contributed by atoms with Crippen molar-refractivity contribution in [3.63, 3.8) is 0 Å². The van der Waals surface area contributed by atoms with Crippen molar-refractivity contribution in [3.8, 4) is 0 Å². The van der Waals surface area contributed by atoms with E-state index in [9.17, 15) is 9.59 Å². The predicted octanol–water partition coefficient (Wildman–Crippen LogP) is 2.25. The van der Waals surface area contributed by atoms with E-state index in [4.69, 9.17) is 4.74 Å². The standard InChI is InChI=1S/C17H23N3O3S/c1-4-8-20(10-13-7-6-9-24-13)11-14-15(16(21)23-5-2)12(3)18-17(22)19-14/h4,6-7,9,12H,1,5,8,10-11H2,2-3H3,(H2,18,19,22). The van der Waals surface area contributed by atoms with Crippen LogP contribution in [0.25, 0.3) is 0 Å². The lowest BCUT2D eigenvalue weighted by atomic mass is 10.0. The summed E-state index contributed by atoms with van der Waals surface area (Å²) < 4.78 is 5.14. The normalized spacial score (nSPS) is 17.5. The fourth-order valence-corrected chi connectivity index (χ4v) is 3.36. The second kappa shape index (κ2) is 8.65. The summed E-state index contributed by atoms with van der Waals surface area (Å²) in [4.78, 5) is 27.4. The van der Waals surface area contributed by atoms with Gasteiger partial charge in [-0.15, -0.1) is 17.9 Å². The summed E-state index contributed by atoms with van der Waals surface area (Å²) in [5, 5.41) is 7.49. The van der Waals surface area contributed by atoms with Gasteiger partial charge in [0.1, 0.15) is 0 Å². The van der Waals surface area contributed by atoms with Gasteiger partial charge in [-0.25, -0.2) is 9.59 Å². The molecule has 0 saturated heterocycles.